The van der Waals surface area contributed by atoms with Crippen molar-refractivity contribution in [3.05, 3.63) is 15.8 Å². The molecule has 0 bridgehead atoms. The molecule has 6 heteroatoms. The number of rotatable bonds is 5. The van der Waals surface area contributed by atoms with E-state index in [9.17, 15) is 9.59 Å². The molecule has 1 rings (SSSR count). The molecule has 0 atom stereocenters. The lowest BCUT2D eigenvalue weighted by Gasteiger charge is -2.22. The van der Waals surface area contributed by atoms with Crippen molar-refractivity contribution in [2.75, 3.05) is 18.8 Å². The number of aryl methyl sites for hydroxylation is 1. The summed E-state index contributed by atoms with van der Waals surface area (Å²) in [4.78, 5) is 26.2. The van der Waals surface area contributed by atoms with Gasteiger partial charge >= 0.3 is 0 Å². The van der Waals surface area contributed by atoms with Crippen LogP contribution in [0.1, 0.15) is 28.4 Å². The molecule has 0 unspecified atom stereocenters. The number of nitrogens with zero attached hydrogens (tertiary/aromatic N) is 1. The third-order valence-electron chi connectivity index (χ3n) is 2.39. The average Bonchev–Trinajstić information content (AvgIpc) is 2.56. The molecule has 1 aromatic heterocycles. The fourth-order valence-electron chi connectivity index (χ4n) is 1.61. The molecule has 5 nitrogen and oxygen atoms in total. The largest absolute Gasteiger partial charge is 0.398 e. The molecular formula is C12H19N3O2S. The summed E-state index contributed by atoms with van der Waals surface area (Å²) in [7, 11) is 0. The van der Waals surface area contributed by atoms with Gasteiger partial charge in [-0.2, -0.15) is 0 Å². The number of nitrogens with two attached hydrogens (primary N) is 2. The molecule has 0 aliphatic carbocycles. The summed E-state index contributed by atoms with van der Waals surface area (Å²) in [5.74, 6) is -0.427. The van der Waals surface area contributed by atoms with Gasteiger partial charge in [0.15, 0.2) is 0 Å². The van der Waals surface area contributed by atoms with Crippen LogP contribution in [-0.4, -0.2) is 29.8 Å². The smallest absolute Gasteiger partial charge is 0.264 e. The van der Waals surface area contributed by atoms with Crippen LogP contribution in [0, 0.1) is 12.8 Å². The Morgan fingerprint density at radius 3 is 2.44 bits per heavy atom. The number of hydrogen-bond donors (Lipinski definition) is 2. The van der Waals surface area contributed by atoms with Crippen LogP contribution in [0.2, 0.25) is 0 Å². The van der Waals surface area contributed by atoms with Crippen molar-refractivity contribution in [1.82, 2.24) is 4.90 Å². The molecule has 0 spiro atoms. The van der Waals surface area contributed by atoms with Gasteiger partial charge < -0.3 is 16.4 Å². The number of carbonyl (C=O) groups is 2. The highest BCUT2D eigenvalue weighted by Gasteiger charge is 2.20. The van der Waals surface area contributed by atoms with Crippen LogP contribution in [0.4, 0.5) is 5.69 Å². The molecule has 0 aliphatic rings. The van der Waals surface area contributed by atoms with Crippen molar-refractivity contribution >= 4 is 28.8 Å². The lowest BCUT2D eigenvalue weighted by molar-refractivity contribution is -0.118. The first-order chi connectivity index (χ1) is 8.31. The predicted molar refractivity (Wildman–Crippen MR) is 73.4 cm³/mol. The molecule has 0 saturated carbocycles. The van der Waals surface area contributed by atoms with Gasteiger partial charge in [-0.15, -0.1) is 11.3 Å². The Balaban J connectivity index is 2.90. The average molecular weight is 269 g/mol. The zero-order chi connectivity index (χ0) is 13.9. The normalized spacial score (nSPS) is 10.7. The van der Waals surface area contributed by atoms with Gasteiger partial charge in [-0.25, -0.2) is 0 Å². The van der Waals surface area contributed by atoms with E-state index in [1.165, 1.54) is 16.2 Å². The first kappa shape index (κ1) is 14.5. The van der Waals surface area contributed by atoms with Crippen molar-refractivity contribution in [3.63, 3.8) is 0 Å². The van der Waals surface area contributed by atoms with E-state index in [1.54, 1.807) is 6.07 Å². The highest BCUT2D eigenvalue weighted by Crippen LogP contribution is 2.24. The van der Waals surface area contributed by atoms with Gasteiger partial charge in [-0.05, 0) is 18.9 Å². The van der Waals surface area contributed by atoms with Gasteiger partial charge in [0.25, 0.3) is 5.91 Å². The monoisotopic (exact) mass is 269 g/mol. The van der Waals surface area contributed by atoms with Crippen LogP contribution in [0.5, 0.6) is 0 Å². The second-order valence-electron chi connectivity index (χ2n) is 4.67. The summed E-state index contributed by atoms with van der Waals surface area (Å²) < 4.78 is 0. The highest BCUT2D eigenvalue weighted by atomic mass is 32.1. The van der Waals surface area contributed by atoms with Crippen molar-refractivity contribution in [1.29, 1.82) is 0 Å². The highest BCUT2D eigenvalue weighted by molar-refractivity contribution is 7.14. The minimum absolute atomic E-state index is 0.0616. The topological polar surface area (TPSA) is 89.4 Å². The number of primary amides is 1. The van der Waals surface area contributed by atoms with E-state index >= 15 is 0 Å². The van der Waals surface area contributed by atoms with Crippen LogP contribution >= 0.6 is 11.3 Å². The SMILES string of the molecule is Cc1sc(C(=O)N(CC(N)=O)CC(C)C)cc1N. The van der Waals surface area contributed by atoms with Crippen molar-refractivity contribution in [2.24, 2.45) is 11.7 Å². The Kier molecular flexibility index (Phi) is 4.72. The van der Waals surface area contributed by atoms with Crippen LogP contribution < -0.4 is 11.5 Å². The Labute approximate surface area is 111 Å². The maximum absolute atomic E-state index is 12.3. The fourth-order valence-corrected chi connectivity index (χ4v) is 2.51. The minimum Gasteiger partial charge on any atom is -0.398 e. The second-order valence-corrected chi connectivity index (χ2v) is 5.92. The fraction of sp³-hybridized carbons (Fsp3) is 0.500. The van der Waals surface area contributed by atoms with E-state index in [0.29, 0.717) is 17.1 Å². The summed E-state index contributed by atoms with van der Waals surface area (Å²) in [6.07, 6.45) is 0. The van der Waals surface area contributed by atoms with Gasteiger partial charge in [-0.1, -0.05) is 13.8 Å². The molecule has 0 fully saturated rings. The molecule has 4 N–H and O–H groups in total. The summed E-state index contributed by atoms with van der Waals surface area (Å²) in [5.41, 5.74) is 11.5. The zero-order valence-corrected chi connectivity index (χ0v) is 11.7. The number of nitrogen functional groups attached to an aromatic ring is 1. The lowest BCUT2D eigenvalue weighted by Crippen LogP contribution is -2.40. The first-order valence-corrected chi connectivity index (χ1v) is 6.56. The number of amides is 2. The molecule has 0 aliphatic heterocycles. The Morgan fingerprint density at radius 2 is 2.06 bits per heavy atom. The summed E-state index contributed by atoms with van der Waals surface area (Å²) in [5, 5.41) is 0. The Bertz CT molecular complexity index is 435. The third kappa shape index (κ3) is 3.73. The maximum Gasteiger partial charge on any atom is 0.264 e. The summed E-state index contributed by atoms with van der Waals surface area (Å²) >= 11 is 1.34. The van der Waals surface area contributed by atoms with E-state index in [-0.39, 0.29) is 18.4 Å². The van der Waals surface area contributed by atoms with Crippen LogP contribution in [0.25, 0.3) is 0 Å². The third-order valence-corrected chi connectivity index (χ3v) is 3.44. The lowest BCUT2D eigenvalue weighted by atomic mass is 10.2. The van der Waals surface area contributed by atoms with Crippen LogP contribution in [-0.2, 0) is 4.79 Å². The van der Waals surface area contributed by atoms with Gasteiger partial charge in [0.1, 0.15) is 0 Å². The van der Waals surface area contributed by atoms with Crippen molar-refractivity contribution in [3.8, 4) is 0 Å². The Hall–Kier alpha value is -1.56. The molecule has 0 radical (unpaired) electrons. The molecule has 1 aromatic rings. The van der Waals surface area contributed by atoms with E-state index in [4.69, 9.17) is 11.5 Å². The van der Waals surface area contributed by atoms with Gasteiger partial charge in [0.05, 0.1) is 11.4 Å². The van der Waals surface area contributed by atoms with Crippen molar-refractivity contribution < 1.29 is 9.59 Å². The number of thiophene rings is 1. The van der Waals surface area contributed by atoms with Crippen LogP contribution in [0.15, 0.2) is 6.07 Å². The molecule has 100 valence electrons. The minimum atomic E-state index is -0.509. The zero-order valence-electron chi connectivity index (χ0n) is 10.9. The molecule has 18 heavy (non-hydrogen) atoms. The molecular weight excluding hydrogens is 250 g/mol. The first-order valence-electron chi connectivity index (χ1n) is 5.74. The molecule has 0 aromatic carbocycles. The summed E-state index contributed by atoms with van der Waals surface area (Å²) in [6.45, 7) is 6.26. The van der Waals surface area contributed by atoms with Gasteiger partial charge in [0, 0.05) is 17.1 Å². The van der Waals surface area contributed by atoms with E-state index < -0.39 is 5.91 Å². The molecule has 2 amide bonds. The quantitative estimate of drug-likeness (QED) is 0.842. The second kappa shape index (κ2) is 5.86. The molecule has 1 heterocycles. The van der Waals surface area contributed by atoms with E-state index in [1.807, 2.05) is 20.8 Å². The number of carbonyl (C=O) groups excluding carboxylic acids is 2. The summed E-state index contributed by atoms with van der Waals surface area (Å²) in [6, 6.07) is 1.65. The molecule has 0 saturated heterocycles. The van der Waals surface area contributed by atoms with Crippen molar-refractivity contribution in [2.45, 2.75) is 20.8 Å². The number of anilines is 1. The van der Waals surface area contributed by atoms with Gasteiger partial charge in [0.2, 0.25) is 5.91 Å². The maximum atomic E-state index is 12.3. The van der Waals surface area contributed by atoms with E-state index in [2.05, 4.69) is 0 Å². The predicted octanol–water partition coefficient (Wildman–Crippen LogP) is 1.22. The Morgan fingerprint density at radius 1 is 1.44 bits per heavy atom. The number of hydrogen-bond acceptors (Lipinski definition) is 4. The van der Waals surface area contributed by atoms with Crippen LogP contribution in [0.3, 0.4) is 0 Å². The van der Waals surface area contributed by atoms with Gasteiger partial charge in [-0.3, -0.25) is 9.59 Å². The van der Waals surface area contributed by atoms with E-state index in [0.717, 1.165) is 4.88 Å². The standard InChI is InChI=1S/C12H19N3O2S/c1-7(2)5-15(6-11(14)16)12(17)10-4-9(13)8(3)18-10/h4,7H,5-6,13H2,1-3H3,(H2,14,16).